The Morgan fingerprint density at radius 1 is 1.57 bits per heavy atom. The highest BCUT2D eigenvalue weighted by molar-refractivity contribution is 5.72. The van der Waals surface area contributed by atoms with E-state index in [1.807, 2.05) is 0 Å². The largest absolute Gasteiger partial charge is 0.481 e. The van der Waals surface area contributed by atoms with Crippen LogP contribution in [0.5, 0.6) is 5.88 Å². The third kappa shape index (κ3) is 4.65. The van der Waals surface area contributed by atoms with Gasteiger partial charge in [0.05, 0.1) is 23.7 Å². The summed E-state index contributed by atoms with van der Waals surface area (Å²) in [6.45, 7) is 1.49. The molecule has 0 fully saturated rings. The molecule has 0 spiro atoms. The van der Waals surface area contributed by atoms with Crippen LogP contribution in [-0.4, -0.2) is 45.8 Å². The first-order chi connectivity index (χ1) is 9.86. The molecule has 1 aromatic rings. The van der Waals surface area contributed by atoms with E-state index in [1.165, 1.54) is 14.0 Å². The van der Waals surface area contributed by atoms with Crippen molar-refractivity contribution in [2.24, 2.45) is 0 Å². The number of methoxy groups -OCH3 is 1. The predicted octanol–water partition coefficient (Wildman–Crippen LogP) is -0.0811. The molecule has 1 amide bonds. The molecule has 1 aromatic heterocycles. The van der Waals surface area contributed by atoms with Crippen LogP contribution in [-0.2, 0) is 4.79 Å². The van der Waals surface area contributed by atoms with Gasteiger partial charge >= 0.3 is 0 Å². The van der Waals surface area contributed by atoms with Crippen LogP contribution in [0.25, 0.3) is 0 Å². The number of amides is 1. The zero-order chi connectivity index (χ0) is 16.0. The molecule has 1 heterocycles. The van der Waals surface area contributed by atoms with Gasteiger partial charge in [0.2, 0.25) is 11.8 Å². The highest BCUT2D eigenvalue weighted by Crippen LogP contribution is 2.29. The average molecular weight is 299 g/mol. The first-order valence-electron chi connectivity index (χ1n) is 6.15. The van der Waals surface area contributed by atoms with Gasteiger partial charge in [0.15, 0.2) is 0 Å². The SMILES string of the molecule is COc1ncc([N+](=O)[O-])cc1C(O)C(O)CCNC(C)=O. The fourth-order valence-electron chi connectivity index (χ4n) is 1.70. The number of hydrogen-bond donors (Lipinski definition) is 3. The molecule has 0 aliphatic carbocycles. The van der Waals surface area contributed by atoms with E-state index in [9.17, 15) is 25.1 Å². The minimum Gasteiger partial charge on any atom is -0.481 e. The van der Waals surface area contributed by atoms with Crippen molar-refractivity contribution in [2.45, 2.75) is 25.6 Å². The summed E-state index contributed by atoms with van der Waals surface area (Å²) < 4.78 is 4.92. The number of nitrogens with one attached hydrogen (secondary N) is 1. The van der Waals surface area contributed by atoms with E-state index in [0.717, 1.165) is 12.3 Å². The van der Waals surface area contributed by atoms with Crippen molar-refractivity contribution in [3.05, 3.63) is 27.9 Å². The molecule has 3 N–H and O–H groups in total. The first-order valence-corrected chi connectivity index (χ1v) is 6.15. The van der Waals surface area contributed by atoms with E-state index >= 15 is 0 Å². The molecule has 21 heavy (non-hydrogen) atoms. The lowest BCUT2D eigenvalue weighted by Gasteiger charge is -2.19. The highest BCUT2D eigenvalue weighted by Gasteiger charge is 2.25. The number of nitro groups is 1. The second-order valence-electron chi connectivity index (χ2n) is 4.33. The monoisotopic (exact) mass is 299 g/mol. The lowest BCUT2D eigenvalue weighted by atomic mass is 10.0. The second-order valence-corrected chi connectivity index (χ2v) is 4.33. The molecule has 9 nitrogen and oxygen atoms in total. The average Bonchev–Trinajstić information content (AvgIpc) is 2.45. The van der Waals surface area contributed by atoms with E-state index in [-0.39, 0.29) is 36.0 Å². The number of pyridine rings is 1. The normalized spacial score (nSPS) is 13.3. The highest BCUT2D eigenvalue weighted by atomic mass is 16.6. The van der Waals surface area contributed by atoms with Crippen LogP contribution in [0.4, 0.5) is 5.69 Å². The number of aliphatic hydroxyl groups excluding tert-OH is 2. The van der Waals surface area contributed by atoms with Crippen LogP contribution in [0.15, 0.2) is 12.3 Å². The maximum Gasteiger partial charge on any atom is 0.288 e. The van der Waals surface area contributed by atoms with Gasteiger partial charge in [-0.15, -0.1) is 0 Å². The fourth-order valence-corrected chi connectivity index (χ4v) is 1.70. The van der Waals surface area contributed by atoms with Gasteiger partial charge in [-0.05, 0) is 6.42 Å². The summed E-state index contributed by atoms with van der Waals surface area (Å²) in [5.41, 5.74) is -0.305. The molecule has 0 aliphatic rings. The lowest BCUT2D eigenvalue weighted by Crippen LogP contribution is -2.28. The summed E-state index contributed by atoms with van der Waals surface area (Å²) in [4.78, 5) is 24.5. The Bertz CT molecular complexity index is 522. The number of carbonyl (C=O) groups is 1. The van der Waals surface area contributed by atoms with Crippen molar-refractivity contribution >= 4 is 11.6 Å². The van der Waals surface area contributed by atoms with Crippen molar-refractivity contribution in [3.8, 4) is 5.88 Å². The minimum absolute atomic E-state index is 0.00771. The Morgan fingerprint density at radius 2 is 2.24 bits per heavy atom. The van der Waals surface area contributed by atoms with Gasteiger partial charge in [-0.1, -0.05) is 0 Å². The molecule has 0 aromatic carbocycles. The van der Waals surface area contributed by atoms with Gasteiger partial charge in [0, 0.05) is 19.5 Å². The third-order valence-corrected chi connectivity index (χ3v) is 2.77. The number of nitrogens with zero attached hydrogens (tertiary/aromatic N) is 2. The van der Waals surface area contributed by atoms with Crippen molar-refractivity contribution in [3.63, 3.8) is 0 Å². The second kappa shape index (κ2) is 7.50. The molecule has 2 unspecified atom stereocenters. The molecular formula is C12H17N3O6. The molecule has 0 saturated heterocycles. The Balaban J connectivity index is 2.88. The van der Waals surface area contributed by atoms with E-state index < -0.39 is 17.1 Å². The first kappa shape index (κ1) is 16.8. The molecule has 0 bridgehead atoms. The van der Waals surface area contributed by atoms with Crippen LogP contribution in [0, 0.1) is 10.1 Å². The summed E-state index contributed by atoms with van der Waals surface area (Å²) in [7, 11) is 1.30. The maximum atomic E-state index is 10.7. The predicted molar refractivity (Wildman–Crippen MR) is 71.7 cm³/mol. The van der Waals surface area contributed by atoms with Crippen LogP contribution in [0.3, 0.4) is 0 Å². The van der Waals surface area contributed by atoms with Crippen molar-refractivity contribution in [1.82, 2.24) is 10.3 Å². The quantitative estimate of drug-likeness (QED) is 0.473. The summed E-state index contributed by atoms with van der Waals surface area (Å²) in [5.74, 6) is -0.266. The van der Waals surface area contributed by atoms with Crippen LogP contribution >= 0.6 is 0 Å². The zero-order valence-electron chi connectivity index (χ0n) is 11.6. The van der Waals surface area contributed by atoms with Crippen LogP contribution in [0.1, 0.15) is 25.0 Å². The number of aromatic nitrogens is 1. The Hall–Kier alpha value is -2.26. The van der Waals surface area contributed by atoms with Crippen LogP contribution in [0.2, 0.25) is 0 Å². The number of hydrogen-bond acceptors (Lipinski definition) is 7. The summed E-state index contributed by atoms with van der Waals surface area (Å²) in [6, 6.07) is 1.10. The van der Waals surface area contributed by atoms with E-state index in [4.69, 9.17) is 4.74 Å². The Kier molecular flexibility index (Phi) is 6.00. The molecule has 0 saturated carbocycles. The molecule has 0 radical (unpaired) electrons. The molecule has 0 aliphatic heterocycles. The van der Waals surface area contributed by atoms with Crippen LogP contribution < -0.4 is 10.1 Å². The van der Waals surface area contributed by atoms with E-state index in [1.54, 1.807) is 0 Å². The topological polar surface area (TPSA) is 135 Å². The third-order valence-electron chi connectivity index (χ3n) is 2.77. The standard InChI is InChI=1S/C12H17N3O6/c1-7(16)13-4-3-10(17)11(18)9-5-8(15(19)20)6-14-12(9)21-2/h5-6,10-11,17-18H,3-4H2,1-2H3,(H,13,16). The van der Waals surface area contributed by atoms with Crippen molar-refractivity contribution < 1.29 is 24.7 Å². The van der Waals surface area contributed by atoms with Gasteiger partial charge in [-0.3, -0.25) is 14.9 Å². The van der Waals surface area contributed by atoms with Gasteiger partial charge in [0.1, 0.15) is 12.3 Å². The summed E-state index contributed by atoms with van der Waals surface area (Å²) in [6.07, 6.45) is -1.57. The van der Waals surface area contributed by atoms with E-state index in [2.05, 4.69) is 10.3 Å². The fraction of sp³-hybridized carbons (Fsp3) is 0.500. The molecule has 9 heteroatoms. The van der Waals surface area contributed by atoms with Gasteiger partial charge in [-0.25, -0.2) is 4.98 Å². The number of rotatable bonds is 7. The van der Waals surface area contributed by atoms with Gasteiger partial charge in [-0.2, -0.15) is 0 Å². The number of carbonyl (C=O) groups excluding carboxylic acids is 1. The number of aliphatic hydroxyl groups is 2. The zero-order valence-corrected chi connectivity index (χ0v) is 11.6. The van der Waals surface area contributed by atoms with Crippen molar-refractivity contribution in [1.29, 1.82) is 0 Å². The Labute approximate surface area is 120 Å². The minimum atomic E-state index is -1.42. The maximum absolute atomic E-state index is 10.7. The summed E-state index contributed by atoms with van der Waals surface area (Å²) in [5, 5.41) is 33.1. The van der Waals surface area contributed by atoms with Gasteiger partial charge in [0.25, 0.3) is 5.69 Å². The number of ether oxygens (including phenoxy) is 1. The Morgan fingerprint density at radius 3 is 2.76 bits per heavy atom. The molecule has 2 atom stereocenters. The van der Waals surface area contributed by atoms with Gasteiger partial charge < -0.3 is 20.3 Å². The lowest BCUT2D eigenvalue weighted by molar-refractivity contribution is -0.385. The van der Waals surface area contributed by atoms with Crippen molar-refractivity contribution in [2.75, 3.05) is 13.7 Å². The smallest absolute Gasteiger partial charge is 0.288 e. The molecule has 116 valence electrons. The molecular weight excluding hydrogens is 282 g/mol. The summed E-state index contributed by atoms with van der Waals surface area (Å²) >= 11 is 0. The van der Waals surface area contributed by atoms with E-state index in [0.29, 0.717) is 0 Å². The molecule has 1 rings (SSSR count).